The van der Waals surface area contributed by atoms with Crippen LogP contribution in [-0.4, -0.2) is 36.5 Å². The van der Waals surface area contributed by atoms with E-state index < -0.39 is 0 Å². The lowest BCUT2D eigenvalue weighted by atomic mass is 9.95. The van der Waals surface area contributed by atoms with Gasteiger partial charge in [0.15, 0.2) is 0 Å². The van der Waals surface area contributed by atoms with Crippen molar-refractivity contribution in [1.29, 1.82) is 0 Å². The molecular weight excluding hydrogens is 364 g/mol. The van der Waals surface area contributed by atoms with Crippen LogP contribution in [0.4, 0.5) is 0 Å². The Hall–Kier alpha value is -0.870. The third kappa shape index (κ3) is 4.20. The Kier molecular flexibility index (Phi) is 5.98. The lowest BCUT2D eigenvalue weighted by molar-refractivity contribution is -0.123. The van der Waals surface area contributed by atoms with Crippen molar-refractivity contribution in [3.8, 4) is 0 Å². The van der Waals surface area contributed by atoms with Crippen LogP contribution >= 0.6 is 15.9 Å². The van der Waals surface area contributed by atoms with Gasteiger partial charge in [-0.2, -0.15) is 0 Å². The summed E-state index contributed by atoms with van der Waals surface area (Å²) < 4.78 is 1.06. The van der Waals surface area contributed by atoms with Crippen LogP contribution in [0.15, 0.2) is 28.7 Å². The number of halogens is 1. The molecule has 1 atom stereocenters. The molecule has 3 nitrogen and oxygen atoms in total. The molecule has 0 unspecified atom stereocenters. The molecule has 2 aliphatic rings. The van der Waals surface area contributed by atoms with Gasteiger partial charge < -0.3 is 10.2 Å². The van der Waals surface area contributed by atoms with Crippen molar-refractivity contribution < 1.29 is 4.79 Å². The monoisotopic (exact) mass is 392 g/mol. The zero-order chi connectivity index (χ0) is 17.0. The number of piperidine rings is 1. The molecule has 1 N–H and O–H groups in total. The molecule has 1 heterocycles. The third-order valence-electron chi connectivity index (χ3n) is 5.68. The van der Waals surface area contributed by atoms with Gasteiger partial charge in [-0.15, -0.1) is 0 Å². The van der Waals surface area contributed by atoms with Gasteiger partial charge in [0.1, 0.15) is 0 Å². The van der Waals surface area contributed by atoms with Crippen molar-refractivity contribution in [3.05, 3.63) is 34.3 Å². The topological polar surface area (TPSA) is 32.3 Å². The highest BCUT2D eigenvalue weighted by Gasteiger charge is 2.50. The molecule has 1 aliphatic carbocycles. The number of hydrogen-bond donors (Lipinski definition) is 1. The minimum absolute atomic E-state index is 0.219. The largest absolute Gasteiger partial charge is 0.355 e. The molecule has 0 spiro atoms. The predicted octanol–water partition coefficient (Wildman–Crippen LogP) is 4.25. The highest BCUT2D eigenvalue weighted by Crippen LogP contribution is 2.48. The molecule has 0 radical (unpaired) electrons. The maximum Gasteiger partial charge on any atom is 0.230 e. The minimum Gasteiger partial charge on any atom is -0.355 e. The van der Waals surface area contributed by atoms with Gasteiger partial charge in [-0.3, -0.25) is 4.79 Å². The normalized spacial score (nSPS) is 23.0. The molecule has 1 amide bonds. The molecule has 1 saturated carbocycles. The first-order chi connectivity index (χ1) is 11.6. The zero-order valence-electron chi connectivity index (χ0n) is 14.7. The van der Waals surface area contributed by atoms with Crippen molar-refractivity contribution in [2.75, 3.05) is 19.6 Å². The summed E-state index contributed by atoms with van der Waals surface area (Å²) in [7, 11) is 0. The Morgan fingerprint density at radius 2 is 2.00 bits per heavy atom. The number of benzene rings is 1. The van der Waals surface area contributed by atoms with E-state index in [4.69, 9.17) is 0 Å². The van der Waals surface area contributed by atoms with Crippen molar-refractivity contribution in [3.63, 3.8) is 0 Å². The molecule has 1 saturated heterocycles. The molecule has 1 aromatic carbocycles. The molecule has 4 heteroatoms. The van der Waals surface area contributed by atoms with Crippen LogP contribution in [-0.2, 0) is 10.2 Å². The molecule has 132 valence electrons. The van der Waals surface area contributed by atoms with E-state index in [2.05, 4.69) is 45.2 Å². The molecule has 0 bridgehead atoms. The lowest BCUT2D eigenvalue weighted by Crippen LogP contribution is -2.38. The average molecular weight is 393 g/mol. The standard InChI is InChI=1S/C20H29BrN2O/c1-16-6-2-4-14-23(16)15-5-3-13-22-19(24)20(11-12-20)17-7-9-18(21)10-8-17/h7-10,16H,2-6,11-15H2,1H3,(H,22,24)/t16-/m1/s1. The smallest absolute Gasteiger partial charge is 0.230 e. The van der Waals surface area contributed by atoms with Crippen LogP contribution < -0.4 is 5.32 Å². The number of likely N-dealkylation sites (tertiary alicyclic amines) is 1. The second-order valence-electron chi connectivity index (χ2n) is 7.43. The Balaban J connectivity index is 1.39. The fourth-order valence-electron chi connectivity index (χ4n) is 3.84. The van der Waals surface area contributed by atoms with Gasteiger partial charge in [0.2, 0.25) is 5.91 Å². The maximum atomic E-state index is 12.6. The van der Waals surface area contributed by atoms with Gasteiger partial charge in [-0.1, -0.05) is 34.5 Å². The van der Waals surface area contributed by atoms with Crippen molar-refractivity contribution in [2.24, 2.45) is 0 Å². The number of hydrogen-bond acceptors (Lipinski definition) is 2. The third-order valence-corrected chi connectivity index (χ3v) is 6.21. The maximum absolute atomic E-state index is 12.6. The predicted molar refractivity (Wildman–Crippen MR) is 102 cm³/mol. The molecule has 24 heavy (non-hydrogen) atoms. The first-order valence-electron chi connectivity index (χ1n) is 9.40. The average Bonchev–Trinajstić information content (AvgIpc) is 3.38. The van der Waals surface area contributed by atoms with Crippen LogP contribution in [0.1, 0.15) is 57.4 Å². The molecule has 3 rings (SSSR count). The van der Waals surface area contributed by atoms with E-state index in [-0.39, 0.29) is 11.3 Å². The summed E-state index contributed by atoms with van der Waals surface area (Å²) in [4.78, 5) is 15.2. The highest BCUT2D eigenvalue weighted by molar-refractivity contribution is 9.10. The van der Waals surface area contributed by atoms with Crippen LogP contribution in [0.25, 0.3) is 0 Å². The van der Waals surface area contributed by atoms with Crippen LogP contribution in [0.5, 0.6) is 0 Å². The Morgan fingerprint density at radius 3 is 2.67 bits per heavy atom. The van der Waals surface area contributed by atoms with Gasteiger partial charge in [0.25, 0.3) is 0 Å². The Bertz CT molecular complexity index is 553. The van der Waals surface area contributed by atoms with E-state index in [0.29, 0.717) is 0 Å². The van der Waals surface area contributed by atoms with E-state index in [1.165, 1.54) is 38.8 Å². The first kappa shape index (κ1) is 17.9. The lowest BCUT2D eigenvalue weighted by Gasteiger charge is -2.33. The first-order valence-corrected chi connectivity index (χ1v) is 10.2. The Labute approximate surface area is 154 Å². The molecule has 0 aromatic heterocycles. The van der Waals surface area contributed by atoms with Crippen LogP contribution in [0, 0.1) is 0 Å². The van der Waals surface area contributed by atoms with E-state index >= 15 is 0 Å². The molecule has 1 aromatic rings. The van der Waals surface area contributed by atoms with Crippen molar-refractivity contribution in [2.45, 2.75) is 63.3 Å². The van der Waals surface area contributed by atoms with Gasteiger partial charge in [-0.05, 0) is 76.2 Å². The quantitative estimate of drug-likeness (QED) is 0.703. The summed E-state index contributed by atoms with van der Waals surface area (Å²) in [5, 5.41) is 3.18. The number of nitrogens with one attached hydrogen (secondary N) is 1. The van der Waals surface area contributed by atoms with Crippen molar-refractivity contribution >= 4 is 21.8 Å². The highest BCUT2D eigenvalue weighted by atomic mass is 79.9. The molecular formula is C20H29BrN2O. The second-order valence-corrected chi connectivity index (χ2v) is 8.35. The number of unbranched alkanes of at least 4 members (excludes halogenated alkanes) is 1. The Morgan fingerprint density at radius 1 is 1.25 bits per heavy atom. The SMILES string of the molecule is C[C@@H]1CCCCN1CCCCNC(=O)C1(c2ccc(Br)cc2)CC1. The van der Waals surface area contributed by atoms with E-state index in [9.17, 15) is 4.79 Å². The van der Waals surface area contributed by atoms with E-state index in [1.807, 2.05) is 12.1 Å². The number of carbonyl (C=O) groups is 1. The van der Waals surface area contributed by atoms with Gasteiger partial charge in [0, 0.05) is 17.1 Å². The summed E-state index contributed by atoms with van der Waals surface area (Å²) in [6, 6.07) is 8.95. The fraction of sp³-hybridized carbons (Fsp3) is 0.650. The molecule has 1 aliphatic heterocycles. The van der Waals surface area contributed by atoms with Gasteiger partial charge in [-0.25, -0.2) is 0 Å². The summed E-state index contributed by atoms with van der Waals surface area (Å²) in [5.74, 6) is 0.219. The minimum atomic E-state index is -0.248. The number of carbonyl (C=O) groups excluding carboxylic acids is 1. The number of rotatable bonds is 7. The number of amides is 1. The van der Waals surface area contributed by atoms with Gasteiger partial charge in [0.05, 0.1) is 5.41 Å². The molecule has 2 fully saturated rings. The van der Waals surface area contributed by atoms with E-state index in [0.717, 1.165) is 41.9 Å². The van der Waals surface area contributed by atoms with E-state index in [1.54, 1.807) is 0 Å². The van der Waals surface area contributed by atoms with Crippen LogP contribution in [0.3, 0.4) is 0 Å². The second kappa shape index (κ2) is 8.01. The summed E-state index contributed by atoms with van der Waals surface area (Å²) in [6.07, 6.45) is 8.27. The van der Waals surface area contributed by atoms with Gasteiger partial charge >= 0.3 is 0 Å². The fourth-order valence-corrected chi connectivity index (χ4v) is 4.11. The number of nitrogens with zero attached hydrogens (tertiary/aromatic N) is 1. The van der Waals surface area contributed by atoms with Crippen LogP contribution in [0.2, 0.25) is 0 Å². The summed E-state index contributed by atoms with van der Waals surface area (Å²) >= 11 is 3.46. The summed E-state index contributed by atoms with van der Waals surface area (Å²) in [5.41, 5.74) is 0.910. The van der Waals surface area contributed by atoms with Crippen molar-refractivity contribution in [1.82, 2.24) is 10.2 Å². The summed E-state index contributed by atoms with van der Waals surface area (Å²) in [6.45, 7) is 5.57. The zero-order valence-corrected chi connectivity index (χ0v) is 16.3.